The van der Waals surface area contributed by atoms with Gasteiger partial charge >= 0.3 is 0 Å². The van der Waals surface area contributed by atoms with E-state index < -0.39 is 18.2 Å². The summed E-state index contributed by atoms with van der Waals surface area (Å²) in [6.45, 7) is 7.56. The first-order valence-electron chi connectivity index (χ1n) is 22.3. The zero-order chi connectivity index (χ0) is 43.2. The Hall–Kier alpha value is -5.61. The van der Waals surface area contributed by atoms with Crippen LogP contribution < -0.4 is 0 Å². The topological polar surface area (TPSA) is 43.9 Å². The van der Waals surface area contributed by atoms with E-state index in [1.807, 2.05) is 161 Å². The minimum Gasteiger partial charge on any atom is -0.501 e. The minimum atomic E-state index is -1.27. The van der Waals surface area contributed by atoms with Gasteiger partial charge in [0.05, 0.1) is 22.4 Å². The first-order valence-corrected chi connectivity index (χ1v) is 20.3. The van der Waals surface area contributed by atoms with Crippen molar-refractivity contribution in [1.29, 1.82) is 0 Å². The molecule has 6 aromatic carbocycles. The molecule has 1 aliphatic rings. The molecule has 1 aliphatic carbocycles. The first kappa shape index (κ1) is 35.3. The third-order valence-corrected chi connectivity index (χ3v) is 11.1. The number of rotatable bonds is 8. The SMILES string of the molecule is [2H]C(C)(C)c1cccc(C([2H])(C)C)c1-n1c(-c2[c-]cccc2)nc2ccccc21.[2H]C([2H])(c1ccc(-c2ccnc(-c3[c-]ccc4c3oc3ccccc34)c2)cc1)C1CCCC1.[Ir]. The molecule has 0 amide bonds. The van der Waals surface area contributed by atoms with Crippen LogP contribution in [0, 0.1) is 18.1 Å². The zero-order valence-electron chi connectivity index (χ0n) is 37.8. The molecule has 4 nitrogen and oxygen atoms in total. The second kappa shape index (κ2) is 17.7. The maximum atomic E-state index is 8.80. The normalized spacial score (nSPS) is 14.6. The van der Waals surface area contributed by atoms with Crippen LogP contribution in [-0.4, -0.2) is 14.5 Å². The molecule has 1 saturated carbocycles. The number of hydrogen-bond acceptors (Lipinski definition) is 3. The van der Waals surface area contributed by atoms with Gasteiger partial charge in [-0.15, -0.1) is 54.1 Å². The second-order valence-corrected chi connectivity index (χ2v) is 15.6. The van der Waals surface area contributed by atoms with Gasteiger partial charge in [0.2, 0.25) is 0 Å². The molecule has 297 valence electrons. The zero-order valence-corrected chi connectivity index (χ0v) is 36.2. The third-order valence-electron chi connectivity index (χ3n) is 11.1. The minimum absolute atomic E-state index is 0. The van der Waals surface area contributed by atoms with Gasteiger partial charge in [-0.2, -0.15) is 0 Å². The molecule has 0 aliphatic heterocycles. The van der Waals surface area contributed by atoms with Crippen LogP contribution in [0.25, 0.3) is 72.4 Å². The number of furan rings is 1. The van der Waals surface area contributed by atoms with E-state index in [1.165, 1.54) is 0 Å². The summed E-state index contributed by atoms with van der Waals surface area (Å²) in [4.78, 5) is 9.53. The summed E-state index contributed by atoms with van der Waals surface area (Å²) in [5.41, 5.74) is 11.5. The molecule has 10 rings (SSSR count). The number of fused-ring (bicyclic) bond motifs is 4. The van der Waals surface area contributed by atoms with Gasteiger partial charge in [-0.05, 0) is 81.9 Å². The largest absolute Gasteiger partial charge is 0.501 e. The van der Waals surface area contributed by atoms with E-state index in [2.05, 4.69) is 33.8 Å². The van der Waals surface area contributed by atoms with Gasteiger partial charge in [0.15, 0.2) is 0 Å². The van der Waals surface area contributed by atoms with E-state index >= 15 is 0 Å². The average molecular weight is 952 g/mol. The van der Waals surface area contributed by atoms with Crippen molar-refractivity contribution in [3.05, 3.63) is 175 Å². The van der Waals surface area contributed by atoms with Crippen LogP contribution in [0.5, 0.6) is 0 Å². The van der Waals surface area contributed by atoms with Crippen molar-refractivity contribution in [1.82, 2.24) is 14.5 Å². The number of imidazole rings is 1. The van der Waals surface area contributed by atoms with Gasteiger partial charge in [-0.3, -0.25) is 4.98 Å². The quantitative estimate of drug-likeness (QED) is 0.143. The molecule has 0 N–H and O–H groups in total. The smallest absolute Gasteiger partial charge is 0.120 e. The molecule has 0 saturated heterocycles. The van der Waals surface area contributed by atoms with Crippen LogP contribution in [0.1, 0.15) is 87.3 Å². The summed E-state index contributed by atoms with van der Waals surface area (Å²) >= 11 is 0. The summed E-state index contributed by atoms with van der Waals surface area (Å²) < 4.78 is 43.2. The van der Waals surface area contributed by atoms with Crippen LogP contribution in [0.3, 0.4) is 0 Å². The Morgan fingerprint density at radius 1 is 0.746 bits per heavy atom. The maximum Gasteiger partial charge on any atom is 0.120 e. The van der Waals surface area contributed by atoms with Gasteiger partial charge in [-0.1, -0.05) is 143 Å². The fraction of sp³-hybridized carbons (Fsp3) is 0.222. The van der Waals surface area contributed by atoms with Crippen molar-refractivity contribution >= 4 is 33.0 Å². The number of benzene rings is 6. The molecule has 1 radical (unpaired) electrons. The van der Waals surface area contributed by atoms with Crippen molar-refractivity contribution in [3.8, 4) is 39.5 Å². The second-order valence-electron chi connectivity index (χ2n) is 15.6. The van der Waals surface area contributed by atoms with Crippen molar-refractivity contribution in [3.63, 3.8) is 0 Å². The standard InChI is InChI=1S/C29H24NO.C25H25N2.Ir/c1-2-7-20(6-1)18-21-12-14-22(15-13-21)23-16-17-30-27(19-23)26-10-5-9-25-24-8-3-4-11-28(24)31-29(25)26;1-17(2)20-13-10-14-21(18(3)4)24(20)27-23-16-9-8-15-22(23)26-25(27)19-11-6-5-7-12-19;/h3-5,8-9,11-17,19-20H,1-2,6-7,18H2;5-11,13-18H,1-4H3;/q2*-1;/i18D2;17D,18D;. The number of hydrogen-bond donors (Lipinski definition) is 0. The number of para-hydroxylation sites is 4. The Bertz CT molecular complexity index is 3000. The number of aromatic nitrogens is 3. The van der Waals surface area contributed by atoms with E-state index in [0.29, 0.717) is 0 Å². The summed E-state index contributed by atoms with van der Waals surface area (Å²) in [6.07, 6.45) is 4.77. The average Bonchev–Trinajstić information content (AvgIpc) is 4.05. The molecule has 0 unspecified atom stereocenters. The van der Waals surface area contributed by atoms with E-state index in [1.54, 1.807) is 0 Å². The first-order chi connectivity index (χ1) is 29.8. The molecule has 59 heavy (non-hydrogen) atoms. The maximum absolute atomic E-state index is 8.80. The van der Waals surface area contributed by atoms with Gasteiger partial charge in [-0.25, -0.2) is 0 Å². The Morgan fingerprint density at radius 3 is 2.22 bits per heavy atom. The molecule has 5 heteroatoms. The molecule has 3 heterocycles. The van der Waals surface area contributed by atoms with Gasteiger partial charge in [0.1, 0.15) is 5.58 Å². The van der Waals surface area contributed by atoms with Crippen molar-refractivity contribution < 1.29 is 30.0 Å². The monoisotopic (exact) mass is 952 g/mol. The van der Waals surface area contributed by atoms with Crippen molar-refractivity contribution in [2.45, 2.75) is 71.5 Å². The molecule has 1 fully saturated rings. The van der Waals surface area contributed by atoms with Gasteiger partial charge in [0.25, 0.3) is 0 Å². The molecular formula is C54H49IrN3O-2. The van der Waals surface area contributed by atoms with Crippen molar-refractivity contribution in [2.75, 3.05) is 0 Å². The predicted molar refractivity (Wildman–Crippen MR) is 240 cm³/mol. The fourth-order valence-electron chi connectivity index (χ4n) is 8.25. The molecule has 0 atom stereocenters. The molecular weight excluding hydrogens is 899 g/mol. The fourth-order valence-corrected chi connectivity index (χ4v) is 8.25. The Kier molecular flexibility index (Phi) is 10.6. The van der Waals surface area contributed by atoms with Gasteiger partial charge < -0.3 is 14.0 Å². The number of pyridine rings is 1. The Labute approximate surface area is 367 Å². The van der Waals surface area contributed by atoms with E-state index in [-0.39, 0.29) is 26.0 Å². The summed E-state index contributed by atoms with van der Waals surface area (Å²) in [6, 6.07) is 52.4. The predicted octanol–water partition coefficient (Wildman–Crippen LogP) is 14.6. The molecule has 9 aromatic rings. The molecule has 0 spiro atoms. The van der Waals surface area contributed by atoms with Crippen LogP contribution >= 0.6 is 0 Å². The summed E-state index contributed by atoms with van der Waals surface area (Å²) in [5.74, 6) is -0.774. The van der Waals surface area contributed by atoms with Crippen molar-refractivity contribution in [2.24, 2.45) is 5.92 Å². The van der Waals surface area contributed by atoms with E-state index in [0.717, 1.165) is 115 Å². The third kappa shape index (κ3) is 8.20. The Balaban J connectivity index is 0.000000172. The van der Waals surface area contributed by atoms with E-state index in [9.17, 15) is 0 Å². The summed E-state index contributed by atoms with van der Waals surface area (Å²) in [5, 5.41) is 2.15. The van der Waals surface area contributed by atoms with Crippen LogP contribution in [0.2, 0.25) is 0 Å². The van der Waals surface area contributed by atoms with E-state index in [4.69, 9.17) is 14.9 Å². The van der Waals surface area contributed by atoms with Crippen LogP contribution in [0.4, 0.5) is 0 Å². The molecule has 0 bridgehead atoms. The Morgan fingerprint density at radius 2 is 1.47 bits per heavy atom. The van der Waals surface area contributed by atoms with Gasteiger partial charge in [0, 0.05) is 42.9 Å². The summed E-state index contributed by atoms with van der Waals surface area (Å²) in [7, 11) is 0. The van der Waals surface area contributed by atoms with Crippen LogP contribution in [0.15, 0.2) is 150 Å². The van der Waals surface area contributed by atoms with Crippen LogP contribution in [-0.2, 0) is 26.5 Å². The molecule has 3 aromatic heterocycles. The number of nitrogens with zero attached hydrogens (tertiary/aromatic N) is 3.